The summed E-state index contributed by atoms with van der Waals surface area (Å²) in [5.74, 6) is -0.636. The van der Waals surface area contributed by atoms with Crippen LogP contribution in [0.4, 0.5) is 10.3 Å². The van der Waals surface area contributed by atoms with Crippen molar-refractivity contribution in [2.75, 3.05) is 18.4 Å². The SMILES string of the molecule is Cn1cc(-c2nccc(C(=O)Nc3nc4cc(C5CCN(C6CC6)CC5)ccc4n3CC(C)(C)O)c2F)cn1. The average molecular weight is 532 g/mol. The van der Waals surface area contributed by atoms with Crippen molar-refractivity contribution in [3.8, 4) is 11.3 Å². The number of imidazole rings is 1. The van der Waals surface area contributed by atoms with Crippen molar-refractivity contribution >= 4 is 22.9 Å². The number of pyridine rings is 1. The second-order valence-corrected chi connectivity index (χ2v) is 11.5. The number of nitrogens with zero attached hydrogens (tertiary/aromatic N) is 6. The van der Waals surface area contributed by atoms with E-state index in [1.165, 1.54) is 36.9 Å². The summed E-state index contributed by atoms with van der Waals surface area (Å²) < 4.78 is 18.7. The van der Waals surface area contributed by atoms with Crippen LogP contribution in [0.2, 0.25) is 0 Å². The van der Waals surface area contributed by atoms with Crippen LogP contribution >= 0.6 is 0 Å². The number of hydrogen-bond acceptors (Lipinski definition) is 6. The van der Waals surface area contributed by atoms with Gasteiger partial charge >= 0.3 is 0 Å². The molecule has 3 aromatic heterocycles. The number of aromatic nitrogens is 5. The highest BCUT2D eigenvalue weighted by Crippen LogP contribution is 2.36. The molecule has 0 unspecified atom stereocenters. The molecule has 39 heavy (non-hydrogen) atoms. The van der Waals surface area contributed by atoms with Crippen LogP contribution in [0.15, 0.2) is 42.9 Å². The zero-order valence-corrected chi connectivity index (χ0v) is 22.6. The second-order valence-electron chi connectivity index (χ2n) is 11.5. The fraction of sp³-hybridized carbons (Fsp3) is 0.448. The van der Waals surface area contributed by atoms with E-state index in [1.807, 2.05) is 6.07 Å². The minimum Gasteiger partial charge on any atom is -0.389 e. The molecule has 2 fully saturated rings. The molecular weight excluding hydrogens is 497 g/mol. The molecule has 2 N–H and O–H groups in total. The maximum Gasteiger partial charge on any atom is 0.261 e. The van der Waals surface area contributed by atoms with Gasteiger partial charge in [-0.1, -0.05) is 6.07 Å². The van der Waals surface area contributed by atoms with Crippen LogP contribution in [0, 0.1) is 5.82 Å². The van der Waals surface area contributed by atoms with Crippen LogP contribution in [-0.2, 0) is 13.6 Å². The van der Waals surface area contributed by atoms with E-state index in [0.717, 1.165) is 43.0 Å². The summed E-state index contributed by atoms with van der Waals surface area (Å²) in [4.78, 5) is 24.8. The highest BCUT2D eigenvalue weighted by atomic mass is 19.1. The second kappa shape index (κ2) is 9.84. The normalized spacial score (nSPS) is 17.2. The van der Waals surface area contributed by atoms with Gasteiger partial charge < -0.3 is 14.6 Å². The number of likely N-dealkylation sites (tertiary alicyclic amines) is 1. The van der Waals surface area contributed by atoms with E-state index in [-0.39, 0.29) is 23.8 Å². The number of aliphatic hydroxyl groups is 1. The van der Waals surface area contributed by atoms with Crippen LogP contribution in [0.5, 0.6) is 0 Å². The zero-order chi connectivity index (χ0) is 27.3. The predicted octanol–water partition coefficient (Wildman–Crippen LogP) is 4.34. The quantitative estimate of drug-likeness (QED) is 0.368. The maximum atomic E-state index is 15.4. The first kappa shape index (κ1) is 25.6. The number of anilines is 1. The largest absolute Gasteiger partial charge is 0.389 e. The summed E-state index contributed by atoms with van der Waals surface area (Å²) in [5.41, 5.74) is 2.11. The van der Waals surface area contributed by atoms with Gasteiger partial charge in [-0.25, -0.2) is 9.37 Å². The molecule has 1 aromatic carbocycles. The number of aryl methyl sites for hydroxylation is 1. The summed E-state index contributed by atoms with van der Waals surface area (Å²) in [7, 11) is 1.73. The molecule has 4 heterocycles. The summed E-state index contributed by atoms with van der Waals surface area (Å²) >= 11 is 0. The van der Waals surface area contributed by atoms with Crippen molar-refractivity contribution in [1.29, 1.82) is 0 Å². The fourth-order valence-electron chi connectivity index (χ4n) is 5.61. The molecule has 1 amide bonds. The third-order valence-electron chi connectivity index (χ3n) is 7.72. The highest BCUT2D eigenvalue weighted by molar-refractivity contribution is 6.05. The molecule has 9 nitrogen and oxygen atoms in total. The topological polar surface area (TPSA) is 101 Å². The highest BCUT2D eigenvalue weighted by Gasteiger charge is 2.32. The number of piperidine rings is 1. The molecular formula is C29H34FN7O2. The van der Waals surface area contributed by atoms with Crippen LogP contribution in [0.1, 0.15) is 61.4 Å². The third-order valence-corrected chi connectivity index (χ3v) is 7.72. The Morgan fingerprint density at radius 3 is 2.62 bits per heavy atom. The summed E-state index contributed by atoms with van der Waals surface area (Å²) in [5, 5.41) is 17.5. The van der Waals surface area contributed by atoms with Crippen molar-refractivity contribution in [2.45, 2.75) is 63.6 Å². The van der Waals surface area contributed by atoms with E-state index in [2.05, 4.69) is 32.4 Å². The van der Waals surface area contributed by atoms with Gasteiger partial charge in [-0.05, 0) is 82.3 Å². The third kappa shape index (κ3) is 5.31. The lowest BCUT2D eigenvalue weighted by atomic mass is 9.89. The Labute approximate surface area is 226 Å². The Balaban J connectivity index is 1.30. The first-order valence-electron chi connectivity index (χ1n) is 13.6. The Kier molecular flexibility index (Phi) is 6.47. The number of carbonyl (C=O) groups is 1. The van der Waals surface area contributed by atoms with Gasteiger partial charge in [0, 0.05) is 31.0 Å². The molecule has 0 spiro atoms. The Morgan fingerprint density at radius 2 is 1.95 bits per heavy atom. The predicted molar refractivity (Wildman–Crippen MR) is 147 cm³/mol. The van der Waals surface area contributed by atoms with Crippen molar-refractivity contribution in [2.24, 2.45) is 7.05 Å². The van der Waals surface area contributed by atoms with Gasteiger partial charge in [0.25, 0.3) is 5.91 Å². The van der Waals surface area contributed by atoms with Gasteiger partial charge in [-0.15, -0.1) is 0 Å². The zero-order valence-electron chi connectivity index (χ0n) is 22.6. The molecule has 1 aliphatic carbocycles. The molecule has 6 rings (SSSR count). The molecule has 1 aliphatic heterocycles. The fourth-order valence-corrected chi connectivity index (χ4v) is 5.61. The first-order valence-corrected chi connectivity index (χ1v) is 13.6. The molecule has 0 bridgehead atoms. The number of benzene rings is 1. The van der Waals surface area contributed by atoms with E-state index in [0.29, 0.717) is 11.5 Å². The number of carbonyl (C=O) groups excluding carboxylic acids is 1. The van der Waals surface area contributed by atoms with Gasteiger partial charge in [0.15, 0.2) is 5.82 Å². The maximum absolute atomic E-state index is 15.4. The Bertz CT molecular complexity index is 1520. The van der Waals surface area contributed by atoms with Gasteiger partial charge in [0.1, 0.15) is 5.69 Å². The number of nitrogens with one attached hydrogen (secondary N) is 1. The monoisotopic (exact) mass is 531 g/mol. The standard InChI is InChI=1S/C29H34FN7O2/c1-29(2,39)17-37-24-7-4-19(18-9-12-36(13-10-18)21-5-6-21)14-23(24)33-28(37)34-27(38)22-8-11-31-26(25(22)30)20-15-32-35(3)16-20/h4,7-8,11,14-16,18,21,39H,5-6,9-10,12-13,17H2,1-3H3,(H,33,34,38). The van der Waals surface area contributed by atoms with Crippen LogP contribution < -0.4 is 5.32 Å². The van der Waals surface area contributed by atoms with E-state index in [1.54, 1.807) is 36.3 Å². The van der Waals surface area contributed by atoms with Crippen molar-refractivity contribution in [3.05, 3.63) is 59.8 Å². The summed E-state index contributed by atoms with van der Waals surface area (Å²) in [6.45, 7) is 5.86. The minimum atomic E-state index is -1.06. The lowest BCUT2D eigenvalue weighted by Gasteiger charge is -2.32. The van der Waals surface area contributed by atoms with Gasteiger partial charge in [0.2, 0.25) is 5.95 Å². The molecule has 10 heteroatoms. The lowest BCUT2D eigenvalue weighted by molar-refractivity contribution is 0.0630. The molecule has 2 aliphatic rings. The van der Waals surface area contributed by atoms with Gasteiger partial charge in [-0.2, -0.15) is 5.10 Å². The number of halogens is 1. The number of hydrogen-bond donors (Lipinski definition) is 2. The lowest BCUT2D eigenvalue weighted by Crippen LogP contribution is -2.34. The minimum absolute atomic E-state index is 0.0538. The number of rotatable bonds is 7. The van der Waals surface area contributed by atoms with Crippen molar-refractivity contribution < 1.29 is 14.3 Å². The van der Waals surface area contributed by atoms with E-state index in [4.69, 9.17) is 4.98 Å². The van der Waals surface area contributed by atoms with Gasteiger partial charge in [0.05, 0.1) is 34.9 Å². The van der Waals surface area contributed by atoms with E-state index >= 15 is 4.39 Å². The molecule has 0 radical (unpaired) electrons. The Morgan fingerprint density at radius 1 is 1.18 bits per heavy atom. The molecule has 204 valence electrons. The average Bonchev–Trinajstić information content (AvgIpc) is 3.59. The number of fused-ring (bicyclic) bond motifs is 1. The molecule has 1 saturated carbocycles. The van der Waals surface area contributed by atoms with Crippen LogP contribution in [0.3, 0.4) is 0 Å². The van der Waals surface area contributed by atoms with Crippen molar-refractivity contribution in [1.82, 2.24) is 29.2 Å². The van der Waals surface area contributed by atoms with Crippen LogP contribution in [0.25, 0.3) is 22.3 Å². The number of amides is 1. The van der Waals surface area contributed by atoms with E-state index in [9.17, 15) is 9.90 Å². The Hall–Kier alpha value is -3.63. The van der Waals surface area contributed by atoms with Gasteiger partial charge in [-0.3, -0.25) is 19.8 Å². The van der Waals surface area contributed by atoms with E-state index < -0.39 is 17.3 Å². The first-order chi connectivity index (χ1) is 18.7. The molecule has 0 atom stereocenters. The van der Waals surface area contributed by atoms with Crippen molar-refractivity contribution in [3.63, 3.8) is 0 Å². The smallest absolute Gasteiger partial charge is 0.261 e. The molecule has 4 aromatic rings. The molecule has 1 saturated heterocycles. The van der Waals surface area contributed by atoms with Crippen LogP contribution in [-0.4, -0.2) is 65.0 Å². The summed E-state index contributed by atoms with van der Waals surface area (Å²) in [6.07, 6.45) is 9.45. The summed E-state index contributed by atoms with van der Waals surface area (Å²) in [6, 6.07) is 8.38.